The van der Waals surface area contributed by atoms with Crippen LogP contribution in [0.3, 0.4) is 0 Å². The van der Waals surface area contributed by atoms with Gasteiger partial charge in [-0.2, -0.15) is 0 Å². The molecule has 0 spiro atoms. The van der Waals surface area contributed by atoms with Crippen molar-refractivity contribution in [3.63, 3.8) is 0 Å². The van der Waals surface area contributed by atoms with E-state index in [1.807, 2.05) is 32.6 Å². The monoisotopic (exact) mass is 561 g/mol. The molecule has 0 radical (unpaired) electrons. The van der Waals surface area contributed by atoms with E-state index in [0.717, 1.165) is 0 Å². The Kier molecular flexibility index (Phi) is 9.30. The van der Waals surface area contributed by atoms with Gasteiger partial charge < -0.3 is 24.8 Å². The van der Waals surface area contributed by atoms with Crippen LogP contribution in [0.25, 0.3) is 0 Å². The Hall–Kier alpha value is -3.15. The van der Waals surface area contributed by atoms with E-state index in [1.54, 1.807) is 32.0 Å². The molecule has 1 heterocycles. The van der Waals surface area contributed by atoms with Gasteiger partial charge in [-0.1, -0.05) is 27.7 Å². The first-order valence-electron chi connectivity index (χ1n) is 12.9. The third-order valence-corrected chi connectivity index (χ3v) is 7.92. The van der Waals surface area contributed by atoms with E-state index in [0.29, 0.717) is 59.9 Å². The molecule has 0 aromatic heterocycles. The highest BCUT2D eigenvalue weighted by Crippen LogP contribution is 2.35. The van der Waals surface area contributed by atoms with E-state index in [9.17, 15) is 23.1 Å². The van der Waals surface area contributed by atoms with E-state index in [-0.39, 0.29) is 16.7 Å². The number of morpholine rings is 1. The zero-order valence-electron chi connectivity index (χ0n) is 23.6. The van der Waals surface area contributed by atoms with Crippen molar-refractivity contribution < 1.29 is 32.6 Å². The van der Waals surface area contributed by atoms with Gasteiger partial charge in [0.15, 0.2) is 0 Å². The second kappa shape index (κ2) is 11.9. The molecule has 1 aliphatic rings. The van der Waals surface area contributed by atoms with Gasteiger partial charge >= 0.3 is 12.0 Å². The second-order valence-electron chi connectivity index (χ2n) is 10.8. The maximum absolute atomic E-state index is 13.4. The lowest BCUT2D eigenvalue weighted by molar-refractivity contribution is 0.0600. The van der Waals surface area contributed by atoms with Gasteiger partial charge in [-0.15, -0.1) is 0 Å². The Bertz CT molecular complexity index is 1300. The van der Waals surface area contributed by atoms with Crippen LogP contribution in [0.2, 0.25) is 0 Å². The molecular formula is C28H39N3O7S. The highest BCUT2D eigenvalue weighted by Gasteiger charge is 2.27. The van der Waals surface area contributed by atoms with Gasteiger partial charge in [0.1, 0.15) is 0 Å². The van der Waals surface area contributed by atoms with Crippen molar-refractivity contribution in [1.29, 1.82) is 0 Å². The maximum Gasteiger partial charge on any atom is 0.337 e. The first kappa shape index (κ1) is 30.4. The van der Waals surface area contributed by atoms with Crippen LogP contribution in [0.1, 0.15) is 80.4 Å². The minimum absolute atomic E-state index is 0.0847. The highest BCUT2D eigenvalue weighted by molar-refractivity contribution is 7.90. The summed E-state index contributed by atoms with van der Waals surface area (Å²) in [6, 6.07) is 6.95. The fourth-order valence-corrected chi connectivity index (χ4v) is 5.37. The quantitative estimate of drug-likeness (QED) is 0.406. The van der Waals surface area contributed by atoms with E-state index in [4.69, 9.17) is 9.47 Å². The van der Waals surface area contributed by atoms with Crippen molar-refractivity contribution in [3.8, 4) is 0 Å². The molecule has 39 heavy (non-hydrogen) atoms. The molecule has 1 saturated heterocycles. The second-order valence-corrected chi connectivity index (χ2v) is 12.4. The number of sulfonamides is 1. The van der Waals surface area contributed by atoms with E-state index in [2.05, 4.69) is 10.0 Å². The largest absolute Gasteiger partial charge is 0.465 e. The van der Waals surface area contributed by atoms with Gasteiger partial charge in [-0.3, -0.25) is 0 Å². The van der Waals surface area contributed by atoms with Gasteiger partial charge in [0.25, 0.3) is 10.0 Å². The summed E-state index contributed by atoms with van der Waals surface area (Å²) in [4.78, 5) is 27.2. The summed E-state index contributed by atoms with van der Waals surface area (Å²) in [5.41, 5.74) is 1.84. The van der Waals surface area contributed by atoms with Crippen LogP contribution in [0, 0.1) is 0 Å². The van der Waals surface area contributed by atoms with Crippen molar-refractivity contribution in [3.05, 3.63) is 52.6 Å². The average Bonchev–Trinajstić information content (AvgIpc) is 2.87. The van der Waals surface area contributed by atoms with Gasteiger partial charge in [0.2, 0.25) is 0 Å². The summed E-state index contributed by atoms with van der Waals surface area (Å²) in [5, 5.41) is 13.4. The molecule has 11 heteroatoms. The predicted molar refractivity (Wildman–Crippen MR) is 150 cm³/mol. The first-order chi connectivity index (χ1) is 18.1. The molecule has 1 aliphatic heterocycles. The molecule has 3 rings (SSSR count). The number of nitrogens with zero attached hydrogens (tertiary/aromatic N) is 1. The van der Waals surface area contributed by atoms with Crippen LogP contribution in [0.4, 0.5) is 16.2 Å². The summed E-state index contributed by atoms with van der Waals surface area (Å²) in [6.07, 6.45) is 0. The minimum atomic E-state index is -4.32. The summed E-state index contributed by atoms with van der Waals surface area (Å²) in [6.45, 7) is 12.9. The molecule has 1 fully saturated rings. The number of hydrogen-bond acceptors (Lipinski definition) is 8. The van der Waals surface area contributed by atoms with Gasteiger partial charge in [-0.25, -0.2) is 22.7 Å². The molecule has 2 aromatic rings. The van der Waals surface area contributed by atoms with E-state index >= 15 is 0 Å². The Labute approximate surface area is 230 Å². The zero-order valence-corrected chi connectivity index (χ0v) is 24.4. The lowest BCUT2D eigenvalue weighted by Gasteiger charge is -2.30. The van der Waals surface area contributed by atoms with Crippen molar-refractivity contribution in [1.82, 2.24) is 4.72 Å². The van der Waals surface area contributed by atoms with Gasteiger partial charge in [0.05, 0.1) is 36.4 Å². The molecule has 0 saturated carbocycles. The average molecular weight is 562 g/mol. The summed E-state index contributed by atoms with van der Waals surface area (Å²) in [7, 11) is -3.02. The SMILES string of the molecule is COC(=O)c1cc(C(C)C)c(NC(=O)NS(=O)(=O)c2cc(N3CCOCC3)cc(C(C)(C)O)c2)c(C(C)C)c1. The van der Waals surface area contributed by atoms with Crippen molar-refractivity contribution in [2.75, 3.05) is 43.6 Å². The molecule has 3 N–H and O–H groups in total. The third kappa shape index (κ3) is 7.28. The topological polar surface area (TPSA) is 134 Å². The van der Waals surface area contributed by atoms with Crippen LogP contribution >= 0.6 is 0 Å². The number of nitrogens with one attached hydrogen (secondary N) is 2. The molecule has 0 unspecified atom stereocenters. The number of rotatable bonds is 8. The molecule has 0 atom stereocenters. The maximum atomic E-state index is 13.4. The molecule has 0 bridgehead atoms. The zero-order chi connectivity index (χ0) is 29.1. The Morgan fingerprint density at radius 3 is 2.05 bits per heavy atom. The number of ether oxygens (including phenoxy) is 2. The molecule has 10 nitrogen and oxygen atoms in total. The normalized spacial score (nSPS) is 14.5. The first-order valence-corrected chi connectivity index (χ1v) is 14.4. The summed E-state index contributed by atoms with van der Waals surface area (Å²) >= 11 is 0. The molecule has 0 aliphatic carbocycles. The van der Waals surface area contributed by atoms with E-state index < -0.39 is 27.6 Å². The molecule has 214 valence electrons. The standard InChI is InChI=1S/C28H39N3O7S/c1-17(2)23-12-19(26(32)37-7)13-24(18(3)4)25(23)29-27(33)30-39(35,36)22-15-20(28(5,6)34)14-21(16-22)31-8-10-38-11-9-31/h12-18,34H,8-11H2,1-7H3,(H2,29,30,33). The number of anilines is 2. The lowest BCUT2D eigenvalue weighted by Crippen LogP contribution is -2.37. The number of amides is 2. The molecular weight excluding hydrogens is 522 g/mol. The minimum Gasteiger partial charge on any atom is -0.465 e. The molecule has 2 aromatic carbocycles. The Morgan fingerprint density at radius 1 is 1.00 bits per heavy atom. The number of esters is 1. The van der Waals surface area contributed by atoms with Crippen LogP contribution < -0.4 is 14.9 Å². The Balaban J connectivity index is 1.98. The predicted octanol–water partition coefficient (Wildman–Crippen LogP) is 4.29. The van der Waals surface area contributed by atoms with Crippen LogP contribution in [-0.4, -0.2) is 58.9 Å². The lowest BCUT2D eigenvalue weighted by atomic mass is 9.90. The van der Waals surface area contributed by atoms with Crippen molar-refractivity contribution in [2.24, 2.45) is 0 Å². The third-order valence-electron chi connectivity index (χ3n) is 6.61. The van der Waals surface area contributed by atoms with Crippen molar-refractivity contribution >= 4 is 33.4 Å². The van der Waals surface area contributed by atoms with Crippen LogP contribution in [-0.2, 0) is 25.1 Å². The number of carbonyl (C=O) groups excluding carboxylic acids is 2. The summed E-state index contributed by atoms with van der Waals surface area (Å²) in [5.74, 6) is -0.669. The fourth-order valence-electron chi connectivity index (χ4n) is 4.39. The highest BCUT2D eigenvalue weighted by atomic mass is 32.2. The number of benzene rings is 2. The number of urea groups is 1. The van der Waals surface area contributed by atoms with Crippen LogP contribution in [0.15, 0.2) is 35.2 Å². The fraction of sp³-hybridized carbons (Fsp3) is 0.500. The van der Waals surface area contributed by atoms with E-state index in [1.165, 1.54) is 19.2 Å². The smallest absolute Gasteiger partial charge is 0.337 e. The number of hydrogen-bond donors (Lipinski definition) is 3. The van der Waals surface area contributed by atoms with Gasteiger partial charge in [0, 0.05) is 24.5 Å². The number of carbonyl (C=O) groups is 2. The summed E-state index contributed by atoms with van der Waals surface area (Å²) < 4.78 is 39.2. The molecule has 2 amide bonds. The number of methoxy groups -OCH3 is 1. The van der Waals surface area contributed by atoms with Gasteiger partial charge in [-0.05, 0) is 72.7 Å². The Morgan fingerprint density at radius 2 is 1.56 bits per heavy atom. The number of aliphatic hydroxyl groups is 1. The van der Waals surface area contributed by atoms with Crippen molar-refractivity contribution in [2.45, 2.75) is 63.9 Å². The van der Waals surface area contributed by atoms with Crippen LogP contribution in [0.5, 0.6) is 0 Å².